The molecule has 3 nitrogen and oxygen atoms in total. The van der Waals surface area contributed by atoms with Gasteiger partial charge in [-0.1, -0.05) is 41.7 Å². The summed E-state index contributed by atoms with van der Waals surface area (Å²) >= 11 is 1.50. The average molecular weight is 306 g/mol. The molecule has 3 rings (SSSR count). The summed E-state index contributed by atoms with van der Waals surface area (Å²) in [6.45, 7) is 0.564. The molecule has 0 saturated heterocycles. The second-order valence-corrected chi connectivity index (χ2v) is 5.76. The Hall–Kier alpha value is -2.64. The number of thiophene rings is 1. The van der Waals surface area contributed by atoms with Crippen LogP contribution in [0.4, 0.5) is 0 Å². The molecule has 2 aromatic heterocycles. The Morgan fingerprint density at radius 1 is 1.09 bits per heavy atom. The van der Waals surface area contributed by atoms with Crippen LogP contribution in [0.5, 0.6) is 5.06 Å². The van der Waals surface area contributed by atoms with E-state index in [0.717, 1.165) is 16.9 Å². The highest BCUT2D eigenvalue weighted by atomic mass is 32.1. The third-order valence-electron chi connectivity index (χ3n) is 3.25. The Morgan fingerprint density at radius 2 is 1.86 bits per heavy atom. The van der Waals surface area contributed by atoms with Gasteiger partial charge in [0.2, 0.25) is 0 Å². The molecular weight excluding hydrogens is 292 g/mol. The molecule has 0 aliphatic carbocycles. The third-order valence-corrected chi connectivity index (χ3v) is 4.35. The van der Waals surface area contributed by atoms with Crippen LogP contribution in [0.2, 0.25) is 0 Å². The van der Waals surface area contributed by atoms with Crippen molar-refractivity contribution >= 4 is 11.3 Å². The molecular formula is C18H14N2OS. The van der Waals surface area contributed by atoms with Crippen molar-refractivity contribution in [2.24, 2.45) is 0 Å². The molecule has 0 atom stereocenters. The van der Waals surface area contributed by atoms with Crippen molar-refractivity contribution in [2.75, 3.05) is 6.61 Å². The first-order chi connectivity index (χ1) is 10.9. The maximum Gasteiger partial charge on any atom is 0.192 e. The number of ether oxygens (including phenoxy) is 1. The van der Waals surface area contributed by atoms with Crippen molar-refractivity contribution in [2.45, 2.75) is 6.42 Å². The van der Waals surface area contributed by atoms with Crippen LogP contribution in [0.15, 0.2) is 60.9 Å². The molecule has 0 amide bonds. The van der Waals surface area contributed by atoms with Crippen molar-refractivity contribution in [3.63, 3.8) is 0 Å². The van der Waals surface area contributed by atoms with Crippen molar-refractivity contribution < 1.29 is 4.74 Å². The van der Waals surface area contributed by atoms with Crippen LogP contribution in [-0.4, -0.2) is 11.6 Å². The van der Waals surface area contributed by atoms with E-state index in [1.54, 1.807) is 12.4 Å². The molecule has 0 radical (unpaired) electrons. The van der Waals surface area contributed by atoms with Crippen molar-refractivity contribution in [3.8, 4) is 21.6 Å². The summed E-state index contributed by atoms with van der Waals surface area (Å²) < 4.78 is 5.81. The molecule has 2 heterocycles. The molecule has 0 N–H and O–H groups in total. The number of hydrogen-bond donors (Lipinski definition) is 0. The van der Waals surface area contributed by atoms with Gasteiger partial charge in [0, 0.05) is 23.7 Å². The van der Waals surface area contributed by atoms with Gasteiger partial charge in [-0.15, -0.1) is 0 Å². The van der Waals surface area contributed by atoms with E-state index in [4.69, 9.17) is 4.74 Å². The fraction of sp³-hybridized carbons (Fsp3) is 0.111. The van der Waals surface area contributed by atoms with Crippen LogP contribution < -0.4 is 4.74 Å². The summed E-state index contributed by atoms with van der Waals surface area (Å²) in [5.74, 6) is 0. The zero-order valence-corrected chi connectivity index (χ0v) is 12.7. The van der Waals surface area contributed by atoms with Gasteiger partial charge in [-0.3, -0.25) is 4.98 Å². The van der Waals surface area contributed by atoms with E-state index in [1.165, 1.54) is 16.9 Å². The zero-order chi connectivity index (χ0) is 15.2. The Kier molecular flexibility index (Phi) is 4.47. The summed E-state index contributed by atoms with van der Waals surface area (Å²) in [6, 6.07) is 18.1. The molecule has 0 aliphatic rings. The molecule has 0 saturated carbocycles. The van der Waals surface area contributed by atoms with Crippen LogP contribution >= 0.6 is 11.3 Å². The summed E-state index contributed by atoms with van der Waals surface area (Å²) in [6.07, 6.45) is 4.32. The largest absolute Gasteiger partial charge is 0.483 e. The lowest BCUT2D eigenvalue weighted by Crippen LogP contribution is -2.00. The van der Waals surface area contributed by atoms with E-state index in [9.17, 15) is 5.26 Å². The van der Waals surface area contributed by atoms with Crippen LogP contribution in [-0.2, 0) is 6.42 Å². The van der Waals surface area contributed by atoms with Gasteiger partial charge in [0.15, 0.2) is 5.06 Å². The first-order valence-electron chi connectivity index (χ1n) is 6.98. The van der Waals surface area contributed by atoms with Crippen molar-refractivity contribution in [1.29, 1.82) is 5.26 Å². The van der Waals surface area contributed by atoms with E-state index in [-0.39, 0.29) is 0 Å². The van der Waals surface area contributed by atoms with Gasteiger partial charge in [0.05, 0.1) is 6.61 Å². The number of nitriles is 1. The quantitative estimate of drug-likeness (QED) is 0.706. The van der Waals surface area contributed by atoms with Gasteiger partial charge < -0.3 is 4.74 Å². The average Bonchev–Trinajstić information content (AvgIpc) is 3.00. The van der Waals surface area contributed by atoms with Gasteiger partial charge in [-0.2, -0.15) is 5.26 Å². The van der Waals surface area contributed by atoms with Crippen LogP contribution in [0.3, 0.4) is 0 Å². The standard InChI is InChI=1S/C18H14N2OS/c19-13-16-12-17(15-6-9-20-10-7-15)22-18(16)21-11-8-14-4-2-1-3-5-14/h1-7,9-10,12H,8,11H2. The molecule has 1 aromatic carbocycles. The number of pyridine rings is 1. The highest BCUT2D eigenvalue weighted by Gasteiger charge is 2.11. The minimum atomic E-state index is 0.564. The summed E-state index contributed by atoms with van der Waals surface area (Å²) in [5, 5.41) is 9.94. The second kappa shape index (κ2) is 6.88. The lowest BCUT2D eigenvalue weighted by molar-refractivity contribution is 0.330. The molecule has 0 spiro atoms. The van der Waals surface area contributed by atoms with Crippen LogP contribution in [0, 0.1) is 11.3 Å². The van der Waals surface area contributed by atoms with Gasteiger partial charge in [0.25, 0.3) is 0 Å². The van der Waals surface area contributed by atoms with Crippen molar-refractivity contribution in [1.82, 2.24) is 4.98 Å². The van der Waals surface area contributed by atoms with Gasteiger partial charge in [-0.25, -0.2) is 0 Å². The van der Waals surface area contributed by atoms with Gasteiger partial charge >= 0.3 is 0 Å². The van der Waals surface area contributed by atoms with Crippen LogP contribution in [0.1, 0.15) is 11.1 Å². The lowest BCUT2D eigenvalue weighted by atomic mass is 10.2. The Bertz CT molecular complexity index is 776. The van der Waals surface area contributed by atoms with Gasteiger partial charge in [-0.05, 0) is 29.3 Å². The normalized spacial score (nSPS) is 10.1. The number of benzene rings is 1. The van der Waals surface area contributed by atoms with E-state index in [2.05, 4.69) is 23.2 Å². The number of nitrogens with zero attached hydrogens (tertiary/aromatic N) is 2. The predicted octanol–water partition coefficient (Wildman–Crippen LogP) is 4.30. The van der Waals surface area contributed by atoms with E-state index >= 15 is 0 Å². The fourth-order valence-electron chi connectivity index (χ4n) is 2.12. The highest BCUT2D eigenvalue weighted by Crippen LogP contribution is 2.36. The summed E-state index contributed by atoms with van der Waals surface area (Å²) in [4.78, 5) is 5.03. The fourth-order valence-corrected chi connectivity index (χ4v) is 3.11. The number of aromatic nitrogens is 1. The number of rotatable bonds is 5. The van der Waals surface area contributed by atoms with Crippen molar-refractivity contribution in [3.05, 3.63) is 72.1 Å². The van der Waals surface area contributed by atoms with E-state index < -0.39 is 0 Å². The molecule has 3 aromatic rings. The maximum absolute atomic E-state index is 9.26. The minimum Gasteiger partial charge on any atom is -0.483 e. The monoisotopic (exact) mass is 306 g/mol. The third kappa shape index (κ3) is 3.33. The summed E-state index contributed by atoms with van der Waals surface area (Å²) in [7, 11) is 0. The molecule has 4 heteroatoms. The minimum absolute atomic E-state index is 0.564. The smallest absolute Gasteiger partial charge is 0.192 e. The first kappa shape index (κ1) is 14.3. The molecule has 0 bridgehead atoms. The lowest BCUT2D eigenvalue weighted by Gasteiger charge is -2.04. The maximum atomic E-state index is 9.26. The topological polar surface area (TPSA) is 45.9 Å². The van der Waals surface area contributed by atoms with E-state index in [0.29, 0.717) is 17.2 Å². The van der Waals surface area contributed by atoms with Gasteiger partial charge in [0.1, 0.15) is 11.6 Å². The van der Waals surface area contributed by atoms with Crippen LogP contribution in [0.25, 0.3) is 10.4 Å². The summed E-state index contributed by atoms with van der Waals surface area (Å²) in [5.41, 5.74) is 2.87. The Morgan fingerprint density at radius 3 is 2.59 bits per heavy atom. The zero-order valence-electron chi connectivity index (χ0n) is 11.9. The Labute approximate surface area is 133 Å². The highest BCUT2D eigenvalue weighted by molar-refractivity contribution is 7.17. The molecule has 0 unspecified atom stereocenters. The molecule has 108 valence electrons. The molecule has 22 heavy (non-hydrogen) atoms. The first-order valence-corrected chi connectivity index (χ1v) is 7.79. The molecule has 0 fully saturated rings. The Balaban J connectivity index is 1.71. The SMILES string of the molecule is N#Cc1cc(-c2ccncc2)sc1OCCc1ccccc1. The van der Waals surface area contributed by atoms with E-state index in [1.807, 2.05) is 36.4 Å². The second-order valence-electron chi connectivity index (χ2n) is 4.74. The molecule has 0 aliphatic heterocycles. The predicted molar refractivity (Wildman–Crippen MR) is 87.9 cm³/mol. The number of hydrogen-bond acceptors (Lipinski definition) is 4.